The Morgan fingerprint density at radius 1 is 0.822 bits per heavy atom. The Morgan fingerprint density at radius 2 is 1.60 bits per heavy atom. The van der Waals surface area contributed by atoms with Crippen LogP contribution in [0.3, 0.4) is 0 Å². The molecule has 4 aromatic carbocycles. The van der Waals surface area contributed by atoms with Crippen molar-refractivity contribution in [1.82, 2.24) is 10.2 Å². The third kappa shape index (κ3) is 4.29. The van der Waals surface area contributed by atoms with Crippen molar-refractivity contribution in [2.24, 2.45) is 0 Å². The lowest BCUT2D eigenvalue weighted by Crippen LogP contribution is -2.34. The molecule has 0 aromatic heterocycles. The van der Waals surface area contributed by atoms with E-state index in [0.29, 0.717) is 64.2 Å². The number of methoxy groups -OCH3 is 3. The van der Waals surface area contributed by atoms with E-state index < -0.39 is 0 Å². The lowest BCUT2D eigenvalue weighted by Gasteiger charge is -2.39. The molecule has 4 heterocycles. The average Bonchev–Trinajstić information content (AvgIpc) is 3.04. The summed E-state index contributed by atoms with van der Waals surface area (Å²) in [6, 6.07) is 13.7. The minimum Gasteiger partial charge on any atom is -0.504 e. The van der Waals surface area contributed by atoms with Crippen LogP contribution in [-0.4, -0.2) is 56.6 Å². The van der Waals surface area contributed by atoms with Gasteiger partial charge in [0.1, 0.15) is 5.75 Å². The van der Waals surface area contributed by atoms with Crippen molar-refractivity contribution in [3.05, 3.63) is 75.8 Å². The van der Waals surface area contributed by atoms with Gasteiger partial charge >= 0.3 is 0 Å². The van der Waals surface area contributed by atoms with Crippen molar-refractivity contribution in [1.29, 1.82) is 0 Å². The van der Waals surface area contributed by atoms with Crippen LogP contribution in [0.5, 0.6) is 51.7 Å². The quantitative estimate of drug-likeness (QED) is 0.207. The summed E-state index contributed by atoms with van der Waals surface area (Å²) in [7, 11) is 7.05. The van der Waals surface area contributed by atoms with Gasteiger partial charge < -0.3 is 39.2 Å². The number of benzene rings is 4. The highest BCUT2D eigenvalue weighted by Gasteiger charge is 2.40. The molecule has 0 saturated heterocycles. The second-order valence-corrected chi connectivity index (χ2v) is 12.3. The number of nitrogens with one attached hydrogen (secondary N) is 1. The molecule has 7 bridgehead atoms. The summed E-state index contributed by atoms with van der Waals surface area (Å²) in [5.74, 6) is 3.98. The molecule has 9 heteroatoms. The molecule has 4 aliphatic heterocycles. The third-order valence-electron chi connectivity index (χ3n) is 9.81. The Labute approximate surface area is 261 Å². The van der Waals surface area contributed by atoms with Gasteiger partial charge in [0.2, 0.25) is 11.5 Å². The predicted octanol–water partition coefficient (Wildman–Crippen LogP) is 6.20. The van der Waals surface area contributed by atoms with Crippen LogP contribution >= 0.6 is 0 Å². The Bertz CT molecular complexity index is 1870. The van der Waals surface area contributed by atoms with E-state index in [1.54, 1.807) is 27.4 Å². The lowest BCUT2D eigenvalue weighted by molar-refractivity contribution is 0.215. The third-order valence-corrected chi connectivity index (χ3v) is 9.81. The molecule has 9 nitrogen and oxygen atoms in total. The molecule has 0 fully saturated rings. The van der Waals surface area contributed by atoms with E-state index in [0.717, 1.165) is 53.7 Å². The van der Waals surface area contributed by atoms with Gasteiger partial charge in [-0.2, -0.15) is 0 Å². The van der Waals surface area contributed by atoms with Gasteiger partial charge in [-0.15, -0.1) is 0 Å². The first-order valence-electron chi connectivity index (χ1n) is 15.4. The summed E-state index contributed by atoms with van der Waals surface area (Å²) in [4.78, 5) is 2.33. The number of aromatic hydroxyl groups is 2. The average molecular weight is 609 g/mol. The van der Waals surface area contributed by atoms with Crippen molar-refractivity contribution >= 4 is 0 Å². The fraction of sp³-hybridized carbons (Fsp3) is 0.333. The molecule has 4 aliphatic rings. The van der Waals surface area contributed by atoms with E-state index in [-0.39, 0.29) is 23.6 Å². The van der Waals surface area contributed by atoms with Crippen LogP contribution < -0.4 is 29.0 Å². The minimum atomic E-state index is -0.164. The molecule has 0 saturated carbocycles. The van der Waals surface area contributed by atoms with E-state index in [9.17, 15) is 10.2 Å². The first kappa shape index (κ1) is 27.9. The number of likely N-dealkylation sites (N-methyl/N-ethyl adjacent to an activating group) is 1. The van der Waals surface area contributed by atoms with Gasteiger partial charge in [-0.3, -0.25) is 4.90 Å². The normalized spacial score (nSPS) is 19.4. The lowest BCUT2D eigenvalue weighted by atomic mass is 9.85. The summed E-state index contributed by atoms with van der Waals surface area (Å²) < 4.78 is 31.3. The zero-order valence-electron chi connectivity index (χ0n) is 25.8. The maximum atomic E-state index is 11.1. The Morgan fingerprint density at radius 3 is 2.40 bits per heavy atom. The number of hydrogen-bond donors (Lipinski definition) is 3. The number of phenolic OH excluding ortho intramolecular Hbond substituents is 2. The second-order valence-electron chi connectivity index (χ2n) is 12.3. The number of nitrogens with zero attached hydrogens (tertiary/aromatic N) is 1. The fourth-order valence-corrected chi connectivity index (χ4v) is 7.61. The maximum Gasteiger partial charge on any atom is 0.216 e. The largest absolute Gasteiger partial charge is 0.504 e. The molecule has 2 unspecified atom stereocenters. The zero-order chi connectivity index (χ0) is 31.0. The van der Waals surface area contributed by atoms with Crippen molar-refractivity contribution in [3.63, 3.8) is 0 Å². The van der Waals surface area contributed by atoms with E-state index in [1.165, 1.54) is 5.56 Å². The van der Waals surface area contributed by atoms with Gasteiger partial charge in [-0.05, 0) is 97.9 Å². The molecule has 45 heavy (non-hydrogen) atoms. The van der Waals surface area contributed by atoms with E-state index in [2.05, 4.69) is 29.4 Å². The van der Waals surface area contributed by atoms with Gasteiger partial charge in [-0.1, -0.05) is 6.07 Å². The number of phenols is 2. The highest BCUT2D eigenvalue weighted by molar-refractivity contribution is 5.79. The number of hydrogen-bond acceptors (Lipinski definition) is 9. The topological polar surface area (TPSA) is 102 Å². The molecule has 3 N–H and O–H groups in total. The monoisotopic (exact) mass is 608 g/mol. The van der Waals surface area contributed by atoms with Crippen LogP contribution in [0, 0.1) is 0 Å². The summed E-state index contributed by atoms with van der Waals surface area (Å²) in [5.41, 5.74) is 7.53. The van der Waals surface area contributed by atoms with Gasteiger partial charge in [0, 0.05) is 40.9 Å². The Kier molecular flexibility index (Phi) is 6.51. The highest BCUT2D eigenvalue weighted by atomic mass is 16.6. The summed E-state index contributed by atoms with van der Waals surface area (Å²) in [6.45, 7) is 1.60. The molecule has 0 amide bonds. The van der Waals surface area contributed by atoms with Crippen molar-refractivity contribution in [2.45, 2.75) is 37.8 Å². The molecule has 0 spiro atoms. The Hall–Kier alpha value is -4.60. The summed E-state index contributed by atoms with van der Waals surface area (Å²) >= 11 is 0. The predicted molar refractivity (Wildman–Crippen MR) is 169 cm³/mol. The summed E-state index contributed by atoms with van der Waals surface area (Å²) in [5, 5.41) is 25.7. The standard InChI is InChI=1S/C36H36N2O7/c1-38-10-8-21-31-26(38)14-18-5-6-28(41-2)23(11-18)24-12-19(15-27(39)32(24)40)13-25-22-17-30-29(16-20(22)7-9-37-25)45-36(34(31)44-30)35(43-4)33(21)42-3/h5-6,11-12,15-17,25-26,37,39-40H,7-10,13-14H2,1-4H3. The molecule has 0 radical (unpaired) electrons. The van der Waals surface area contributed by atoms with E-state index in [1.807, 2.05) is 24.3 Å². The van der Waals surface area contributed by atoms with Crippen LogP contribution in [-0.2, 0) is 25.7 Å². The number of ether oxygens (including phenoxy) is 5. The molecule has 0 aliphatic carbocycles. The van der Waals surface area contributed by atoms with Gasteiger partial charge in [0.15, 0.2) is 34.5 Å². The van der Waals surface area contributed by atoms with Crippen LogP contribution in [0.1, 0.15) is 45.5 Å². The zero-order valence-corrected chi connectivity index (χ0v) is 25.8. The summed E-state index contributed by atoms with van der Waals surface area (Å²) in [6.07, 6.45) is 2.83. The maximum absolute atomic E-state index is 11.1. The van der Waals surface area contributed by atoms with Crippen LogP contribution in [0.4, 0.5) is 0 Å². The molecule has 232 valence electrons. The van der Waals surface area contributed by atoms with Crippen LogP contribution in [0.2, 0.25) is 0 Å². The minimum absolute atomic E-state index is 0.0415. The fourth-order valence-electron chi connectivity index (χ4n) is 7.61. The molecule has 4 aromatic rings. The van der Waals surface area contributed by atoms with Gasteiger partial charge in [0.25, 0.3) is 0 Å². The second kappa shape index (κ2) is 10.5. The molecule has 2 atom stereocenters. The number of rotatable bonds is 3. The first-order valence-corrected chi connectivity index (χ1v) is 15.4. The highest BCUT2D eigenvalue weighted by Crippen LogP contribution is 2.60. The van der Waals surface area contributed by atoms with E-state index in [4.69, 9.17) is 23.7 Å². The van der Waals surface area contributed by atoms with Crippen LogP contribution in [0.25, 0.3) is 11.1 Å². The first-order chi connectivity index (χ1) is 21.9. The SMILES string of the molecule is COc1ccc2cc1-c1cc(cc(O)c1O)CC1NCCc3cc4c(cc31)Oc1c(c(OC)c(OC)c3c1C(C2)N(C)CC3)O4. The molecule has 8 rings (SSSR count). The van der Waals surface area contributed by atoms with Crippen LogP contribution in [0.15, 0.2) is 42.5 Å². The Balaban J connectivity index is 1.42. The van der Waals surface area contributed by atoms with E-state index >= 15 is 0 Å². The van der Waals surface area contributed by atoms with Crippen molar-refractivity contribution in [2.75, 3.05) is 41.5 Å². The van der Waals surface area contributed by atoms with Crippen molar-refractivity contribution < 1.29 is 33.9 Å². The number of fused-ring (bicyclic) bond motifs is 5. The van der Waals surface area contributed by atoms with Gasteiger partial charge in [-0.25, -0.2) is 0 Å². The smallest absolute Gasteiger partial charge is 0.216 e. The van der Waals surface area contributed by atoms with Gasteiger partial charge in [0.05, 0.1) is 21.3 Å². The molecular weight excluding hydrogens is 572 g/mol. The van der Waals surface area contributed by atoms with Crippen molar-refractivity contribution in [3.8, 4) is 62.9 Å². The molecular formula is C36H36N2O7.